The third kappa shape index (κ3) is 2.74. The van der Waals surface area contributed by atoms with Gasteiger partial charge >= 0.3 is 0 Å². The summed E-state index contributed by atoms with van der Waals surface area (Å²) in [5.74, 6) is 0.677. The first-order valence-electron chi connectivity index (χ1n) is 6.74. The van der Waals surface area contributed by atoms with Crippen LogP contribution in [0.1, 0.15) is 37.5 Å². The van der Waals surface area contributed by atoms with Crippen molar-refractivity contribution in [1.82, 2.24) is 4.90 Å². The highest BCUT2D eigenvalue weighted by Gasteiger charge is 2.40. The molecule has 4 heteroatoms. The molecule has 1 aliphatic carbocycles. The van der Waals surface area contributed by atoms with Crippen molar-refractivity contribution in [2.24, 2.45) is 11.7 Å². The Balaban J connectivity index is 2.11. The second-order valence-electron chi connectivity index (χ2n) is 5.52. The number of likely N-dealkylation sites (N-methyl/N-ethyl adjacent to an activating group) is 1. The summed E-state index contributed by atoms with van der Waals surface area (Å²) in [6.45, 7) is 4.06. The molecule has 0 aliphatic heterocycles. The van der Waals surface area contributed by atoms with Crippen molar-refractivity contribution >= 4 is 22.9 Å². The van der Waals surface area contributed by atoms with E-state index in [1.54, 1.807) is 11.3 Å². The van der Waals surface area contributed by atoms with Crippen molar-refractivity contribution < 1.29 is 0 Å². The minimum Gasteiger partial charge on any atom is -0.329 e. The van der Waals surface area contributed by atoms with Crippen LogP contribution in [0.4, 0.5) is 0 Å². The molecule has 2 N–H and O–H groups in total. The fourth-order valence-electron chi connectivity index (χ4n) is 3.25. The second kappa shape index (κ2) is 5.91. The van der Waals surface area contributed by atoms with Crippen molar-refractivity contribution in [2.75, 3.05) is 13.6 Å². The smallest absolute Gasteiger partial charge is 0.0931 e. The van der Waals surface area contributed by atoms with Crippen LogP contribution < -0.4 is 5.73 Å². The highest BCUT2D eigenvalue weighted by atomic mass is 35.5. The van der Waals surface area contributed by atoms with E-state index in [2.05, 4.69) is 24.9 Å². The summed E-state index contributed by atoms with van der Waals surface area (Å²) in [5, 5.41) is 0. The Morgan fingerprint density at radius 3 is 2.83 bits per heavy atom. The molecule has 1 aromatic rings. The van der Waals surface area contributed by atoms with Crippen molar-refractivity contribution in [3.8, 4) is 0 Å². The number of hydrogen-bond donors (Lipinski definition) is 1. The van der Waals surface area contributed by atoms with Gasteiger partial charge in [0.15, 0.2) is 0 Å². The molecule has 18 heavy (non-hydrogen) atoms. The molecule has 2 atom stereocenters. The summed E-state index contributed by atoms with van der Waals surface area (Å²) >= 11 is 7.68. The third-order valence-corrected chi connectivity index (χ3v) is 5.77. The fraction of sp³-hybridized carbons (Fsp3) is 0.714. The van der Waals surface area contributed by atoms with Gasteiger partial charge in [0, 0.05) is 23.5 Å². The number of halogens is 1. The Morgan fingerprint density at radius 2 is 2.28 bits per heavy atom. The Hall–Kier alpha value is -0.0900. The fourth-order valence-corrected chi connectivity index (χ4v) is 4.39. The molecule has 1 aromatic heterocycles. The zero-order chi connectivity index (χ0) is 13.2. The molecule has 1 fully saturated rings. The summed E-state index contributed by atoms with van der Waals surface area (Å²) in [5.41, 5.74) is 6.30. The van der Waals surface area contributed by atoms with Crippen LogP contribution in [0.25, 0.3) is 0 Å². The number of nitrogens with zero attached hydrogens (tertiary/aromatic N) is 1. The molecule has 0 bridgehead atoms. The molecule has 1 heterocycles. The van der Waals surface area contributed by atoms with E-state index in [0.717, 1.165) is 17.4 Å². The van der Waals surface area contributed by atoms with Gasteiger partial charge in [-0.15, -0.1) is 11.3 Å². The van der Waals surface area contributed by atoms with Crippen molar-refractivity contribution in [3.05, 3.63) is 21.3 Å². The molecule has 0 amide bonds. The van der Waals surface area contributed by atoms with Crippen molar-refractivity contribution in [2.45, 2.75) is 44.7 Å². The summed E-state index contributed by atoms with van der Waals surface area (Å²) in [6.07, 6.45) is 5.17. The summed E-state index contributed by atoms with van der Waals surface area (Å²) in [4.78, 5) is 3.78. The summed E-state index contributed by atoms with van der Waals surface area (Å²) < 4.78 is 0.872. The SMILES string of the molecule is CC1CCCCC1(CN)N(C)Cc1ccc(Cl)s1. The molecule has 0 saturated heterocycles. The normalized spacial score (nSPS) is 28.8. The maximum Gasteiger partial charge on any atom is 0.0931 e. The average molecular weight is 287 g/mol. The van der Waals surface area contributed by atoms with Gasteiger partial charge in [0.1, 0.15) is 0 Å². The lowest BCUT2D eigenvalue weighted by atomic mass is 9.72. The molecule has 0 aromatic carbocycles. The van der Waals surface area contributed by atoms with Crippen LogP contribution in [0.3, 0.4) is 0 Å². The summed E-state index contributed by atoms with van der Waals surface area (Å²) in [7, 11) is 2.21. The van der Waals surface area contributed by atoms with E-state index in [0.29, 0.717) is 5.92 Å². The second-order valence-corrected chi connectivity index (χ2v) is 7.32. The van der Waals surface area contributed by atoms with Crippen molar-refractivity contribution in [3.63, 3.8) is 0 Å². The molecule has 0 radical (unpaired) electrons. The maximum atomic E-state index is 6.12. The van der Waals surface area contributed by atoms with Gasteiger partial charge in [-0.2, -0.15) is 0 Å². The Kier molecular flexibility index (Phi) is 4.70. The summed E-state index contributed by atoms with van der Waals surface area (Å²) in [6, 6.07) is 4.11. The van der Waals surface area contributed by atoms with Crippen molar-refractivity contribution in [1.29, 1.82) is 0 Å². The molecular formula is C14H23ClN2S. The number of rotatable bonds is 4. The minimum absolute atomic E-state index is 0.175. The Bertz CT molecular complexity index is 393. The molecule has 1 aliphatic rings. The molecule has 0 spiro atoms. The van der Waals surface area contributed by atoms with Crippen LogP contribution in [0.2, 0.25) is 4.34 Å². The quantitative estimate of drug-likeness (QED) is 0.914. The first-order valence-corrected chi connectivity index (χ1v) is 7.93. The minimum atomic E-state index is 0.175. The van der Waals surface area contributed by atoms with Gasteiger partial charge in [0.2, 0.25) is 0 Å². The van der Waals surface area contributed by atoms with E-state index in [1.165, 1.54) is 30.6 Å². The zero-order valence-corrected chi connectivity index (χ0v) is 12.9. The van der Waals surface area contributed by atoms with Crippen LogP contribution in [-0.4, -0.2) is 24.0 Å². The highest BCUT2D eigenvalue weighted by molar-refractivity contribution is 7.16. The van der Waals surface area contributed by atoms with Crippen LogP contribution in [0, 0.1) is 5.92 Å². The Labute approximate surface area is 119 Å². The average Bonchev–Trinajstić information content (AvgIpc) is 2.75. The third-order valence-electron chi connectivity index (χ3n) is 4.55. The monoisotopic (exact) mass is 286 g/mol. The van der Waals surface area contributed by atoms with Gasteiger partial charge in [-0.3, -0.25) is 4.90 Å². The lowest BCUT2D eigenvalue weighted by Gasteiger charge is -2.48. The van der Waals surface area contributed by atoms with E-state index < -0.39 is 0 Å². The topological polar surface area (TPSA) is 29.3 Å². The number of thiophene rings is 1. The molecule has 2 unspecified atom stereocenters. The van der Waals surface area contributed by atoms with Gasteiger partial charge in [-0.25, -0.2) is 0 Å². The van der Waals surface area contributed by atoms with Gasteiger partial charge in [0.25, 0.3) is 0 Å². The zero-order valence-electron chi connectivity index (χ0n) is 11.3. The van der Waals surface area contributed by atoms with E-state index in [-0.39, 0.29) is 5.54 Å². The van der Waals surface area contributed by atoms with E-state index in [9.17, 15) is 0 Å². The van der Waals surface area contributed by atoms with Gasteiger partial charge in [-0.1, -0.05) is 31.4 Å². The van der Waals surface area contributed by atoms with Crippen LogP contribution >= 0.6 is 22.9 Å². The largest absolute Gasteiger partial charge is 0.329 e. The standard InChI is InChI=1S/C14H23ClN2S/c1-11-5-3-4-8-14(11,10-16)17(2)9-12-6-7-13(15)18-12/h6-7,11H,3-5,8-10,16H2,1-2H3. The van der Waals surface area contributed by atoms with Crippen LogP contribution in [0.15, 0.2) is 12.1 Å². The molecule has 1 saturated carbocycles. The first-order chi connectivity index (χ1) is 8.58. The molecule has 2 nitrogen and oxygen atoms in total. The molecule has 102 valence electrons. The van der Waals surface area contributed by atoms with Crippen LogP contribution in [0.5, 0.6) is 0 Å². The van der Waals surface area contributed by atoms with E-state index in [1.807, 2.05) is 6.07 Å². The number of nitrogens with two attached hydrogens (primary N) is 1. The van der Waals surface area contributed by atoms with Gasteiger partial charge < -0.3 is 5.73 Å². The predicted octanol–water partition coefficient (Wildman–Crippen LogP) is 3.74. The first kappa shape index (κ1) is 14.3. The van der Waals surface area contributed by atoms with Crippen LogP contribution in [-0.2, 0) is 6.54 Å². The van der Waals surface area contributed by atoms with Gasteiger partial charge in [-0.05, 0) is 37.9 Å². The lowest BCUT2D eigenvalue weighted by molar-refractivity contribution is 0.0286. The van der Waals surface area contributed by atoms with E-state index >= 15 is 0 Å². The molecule has 2 rings (SSSR count). The predicted molar refractivity (Wildman–Crippen MR) is 80.2 cm³/mol. The van der Waals surface area contributed by atoms with Gasteiger partial charge in [0.05, 0.1) is 4.34 Å². The Morgan fingerprint density at radius 1 is 1.50 bits per heavy atom. The highest BCUT2D eigenvalue weighted by Crippen LogP contribution is 2.38. The van der Waals surface area contributed by atoms with E-state index in [4.69, 9.17) is 17.3 Å². The number of hydrogen-bond acceptors (Lipinski definition) is 3. The maximum absolute atomic E-state index is 6.12. The molecular weight excluding hydrogens is 264 g/mol. The lowest BCUT2D eigenvalue weighted by Crippen LogP contribution is -2.57.